The molecule has 2 amide bonds. The van der Waals surface area contributed by atoms with Crippen molar-refractivity contribution in [2.75, 3.05) is 17.7 Å². The Hall–Kier alpha value is -2.80. The maximum absolute atomic E-state index is 12.0. The first-order valence-electron chi connectivity index (χ1n) is 6.39. The maximum atomic E-state index is 12.0. The number of urea groups is 1. The highest BCUT2D eigenvalue weighted by molar-refractivity contribution is 6.30. The highest BCUT2D eigenvalue weighted by atomic mass is 35.5. The van der Waals surface area contributed by atoms with Gasteiger partial charge in [0.15, 0.2) is 5.65 Å². The summed E-state index contributed by atoms with van der Waals surface area (Å²) >= 11 is 5.80. The summed E-state index contributed by atoms with van der Waals surface area (Å²) in [4.78, 5) is 12.0. The summed E-state index contributed by atoms with van der Waals surface area (Å²) < 4.78 is 6.83. The van der Waals surface area contributed by atoms with E-state index in [1.54, 1.807) is 46.9 Å². The van der Waals surface area contributed by atoms with E-state index in [4.69, 9.17) is 16.3 Å². The van der Waals surface area contributed by atoms with E-state index < -0.39 is 6.03 Å². The number of halogens is 1. The molecule has 0 saturated heterocycles. The second-order valence-corrected chi connectivity index (χ2v) is 4.81. The first kappa shape index (κ1) is 14.2. The van der Waals surface area contributed by atoms with Gasteiger partial charge in [0.1, 0.15) is 0 Å². The van der Waals surface area contributed by atoms with Gasteiger partial charge in [-0.3, -0.25) is 5.32 Å². The number of ether oxygens (including phenoxy) is 1. The van der Waals surface area contributed by atoms with E-state index in [0.29, 0.717) is 22.2 Å². The second-order valence-electron chi connectivity index (χ2n) is 4.37. The SMILES string of the molecule is COc1cccc2nnc(NC(=O)Nc3ccc(Cl)cc3)n12. The Labute approximate surface area is 130 Å². The lowest BCUT2D eigenvalue weighted by molar-refractivity contribution is 0.262. The summed E-state index contributed by atoms with van der Waals surface area (Å²) in [5.41, 5.74) is 1.18. The predicted octanol–water partition coefficient (Wildman–Crippen LogP) is 3.04. The van der Waals surface area contributed by atoms with Gasteiger partial charge < -0.3 is 10.1 Å². The number of carbonyl (C=O) groups excluding carboxylic acids is 1. The number of rotatable bonds is 3. The number of amides is 2. The topological polar surface area (TPSA) is 80.6 Å². The van der Waals surface area contributed by atoms with Crippen LogP contribution in [0.15, 0.2) is 42.5 Å². The molecule has 0 radical (unpaired) electrons. The van der Waals surface area contributed by atoms with E-state index in [1.165, 1.54) is 7.11 Å². The molecule has 0 unspecified atom stereocenters. The molecule has 0 atom stereocenters. The zero-order valence-electron chi connectivity index (χ0n) is 11.6. The molecule has 0 aliphatic rings. The standard InChI is InChI=1S/C14H12ClN5O2/c1-22-12-4-2-3-11-18-19-13(20(11)12)17-14(21)16-10-7-5-9(15)6-8-10/h2-8H,1H3,(H2,16,17,19,21). The van der Waals surface area contributed by atoms with E-state index >= 15 is 0 Å². The summed E-state index contributed by atoms with van der Waals surface area (Å²) in [6, 6.07) is 11.6. The van der Waals surface area contributed by atoms with Crippen LogP contribution < -0.4 is 15.4 Å². The Morgan fingerprint density at radius 1 is 1.14 bits per heavy atom. The fourth-order valence-electron chi connectivity index (χ4n) is 1.95. The number of nitrogens with zero attached hydrogens (tertiary/aromatic N) is 3. The van der Waals surface area contributed by atoms with E-state index in [-0.39, 0.29) is 5.95 Å². The van der Waals surface area contributed by atoms with Crippen molar-refractivity contribution in [3.8, 4) is 5.88 Å². The Bertz CT molecular complexity index is 816. The number of benzene rings is 1. The molecule has 0 fully saturated rings. The largest absolute Gasteiger partial charge is 0.482 e. The Morgan fingerprint density at radius 2 is 1.91 bits per heavy atom. The minimum absolute atomic E-state index is 0.263. The average molecular weight is 318 g/mol. The molecule has 112 valence electrons. The van der Waals surface area contributed by atoms with E-state index in [1.807, 2.05) is 0 Å². The lowest BCUT2D eigenvalue weighted by atomic mass is 10.3. The summed E-state index contributed by atoms with van der Waals surface area (Å²) in [5, 5.41) is 13.8. The summed E-state index contributed by atoms with van der Waals surface area (Å²) in [6.07, 6.45) is 0. The Balaban J connectivity index is 1.81. The zero-order chi connectivity index (χ0) is 15.5. The first-order valence-corrected chi connectivity index (χ1v) is 6.77. The first-order chi connectivity index (χ1) is 10.7. The molecule has 3 rings (SSSR count). The molecule has 0 aliphatic carbocycles. The predicted molar refractivity (Wildman–Crippen MR) is 83.6 cm³/mol. The van der Waals surface area contributed by atoms with Crippen LogP contribution in [0.5, 0.6) is 5.88 Å². The Kier molecular flexibility index (Phi) is 3.80. The van der Waals surface area contributed by atoms with Crippen molar-refractivity contribution >= 4 is 34.9 Å². The molecule has 0 spiro atoms. The molecule has 0 aliphatic heterocycles. The number of aromatic nitrogens is 3. The normalized spacial score (nSPS) is 10.5. The van der Waals surface area contributed by atoms with Crippen molar-refractivity contribution in [3.63, 3.8) is 0 Å². The molecule has 2 N–H and O–H groups in total. The fourth-order valence-corrected chi connectivity index (χ4v) is 2.08. The molecule has 2 heterocycles. The smallest absolute Gasteiger partial charge is 0.326 e. The fraction of sp³-hybridized carbons (Fsp3) is 0.0714. The highest BCUT2D eigenvalue weighted by Crippen LogP contribution is 2.18. The van der Waals surface area contributed by atoms with Gasteiger partial charge in [0, 0.05) is 10.7 Å². The third-order valence-electron chi connectivity index (χ3n) is 2.93. The molecule has 3 aromatic rings. The number of methoxy groups -OCH3 is 1. The van der Waals surface area contributed by atoms with Crippen LogP contribution in [0.1, 0.15) is 0 Å². The van der Waals surface area contributed by atoms with Crippen LogP contribution >= 0.6 is 11.6 Å². The van der Waals surface area contributed by atoms with E-state index in [2.05, 4.69) is 20.8 Å². The molecule has 8 heteroatoms. The van der Waals surface area contributed by atoms with Crippen molar-refractivity contribution < 1.29 is 9.53 Å². The van der Waals surface area contributed by atoms with Crippen LogP contribution in [-0.2, 0) is 0 Å². The van der Waals surface area contributed by atoms with Gasteiger partial charge in [0.25, 0.3) is 0 Å². The van der Waals surface area contributed by atoms with Crippen LogP contribution in [-0.4, -0.2) is 27.7 Å². The molecule has 2 aromatic heterocycles. The molecule has 1 aromatic carbocycles. The minimum Gasteiger partial charge on any atom is -0.482 e. The van der Waals surface area contributed by atoms with Crippen molar-refractivity contribution in [2.24, 2.45) is 0 Å². The lowest BCUT2D eigenvalue weighted by Crippen LogP contribution is -2.21. The summed E-state index contributed by atoms with van der Waals surface area (Å²) in [6.45, 7) is 0. The highest BCUT2D eigenvalue weighted by Gasteiger charge is 2.12. The molecule has 0 saturated carbocycles. The quantitative estimate of drug-likeness (QED) is 0.778. The van der Waals surface area contributed by atoms with Gasteiger partial charge >= 0.3 is 6.03 Å². The zero-order valence-corrected chi connectivity index (χ0v) is 12.3. The van der Waals surface area contributed by atoms with E-state index in [9.17, 15) is 4.79 Å². The monoisotopic (exact) mass is 317 g/mol. The molecular weight excluding hydrogens is 306 g/mol. The minimum atomic E-state index is -0.442. The van der Waals surface area contributed by atoms with Gasteiger partial charge in [-0.1, -0.05) is 17.7 Å². The van der Waals surface area contributed by atoms with Crippen LogP contribution in [0.4, 0.5) is 16.4 Å². The van der Waals surface area contributed by atoms with Crippen molar-refractivity contribution in [2.45, 2.75) is 0 Å². The van der Waals surface area contributed by atoms with E-state index in [0.717, 1.165) is 0 Å². The third kappa shape index (κ3) is 2.79. The average Bonchev–Trinajstić information content (AvgIpc) is 2.93. The van der Waals surface area contributed by atoms with Gasteiger partial charge in [0.2, 0.25) is 11.8 Å². The van der Waals surface area contributed by atoms with Gasteiger partial charge in [-0.2, -0.15) is 0 Å². The lowest BCUT2D eigenvalue weighted by Gasteiger charge is -2.08. The van der Waals surface area contributed by atoms with Crippen LogP contribution in [0.2, 0.25) is 5.02 Å². The van der Waals surface area contributed by atoms with Crippen LogP contribution in [0.25, 0.3) is 5.65 Å². The van der Waals surface area contributed by atoms with Crippen LogP contribution in [0, 0.1) is 0 Å². The van der Waals surface area contributed by atoms with Crippen molar-refractivity contribution in [1.29, 1.82) is 0 Å². The maximum Gasteiger partial charge on any atom is 0.326 e. The second kappa shape index (κ2) is 5.90. The van der Waals surface area contributed by atoms with Gasteiger partial charge in [0.05, 0.1) is 7.11 Å². The summed E-state index contributed by atoms with van der Waals surface area (Å²) in [5.74, 6) is 0.781. The molecular formula is C14H12ClN5O2. The van der Waals surface area contributed by atoms with Gasteiger partial charge in [-0.05, 0) is 36.4 Å². The molecule has 0 bridgehead atoms. The number of hydrogen-bond acceptors (Lipinski definition) is 4. The number of nitrogens with one attached hydrogen (secondary N) is 2. The number of fused-ring (bicyclic) bond motifs is 1. The number of anilines is 2. The number of hydrogen-bond donors (Lipinski definition) is 2. The van der Waals surface area contributed by atoms with Crippen molar-refractivity contribution in [3.05, 3.63) is 47.5 Å². The van der Waals surface area contributed by atoms with Crippen LogP contribution in [0.3, 0.4) is 0 Å². The third-order valence-corrected chi connectivity index (χ3v) is 3.18. The Morgan fingerprint density at radius 3 is 2.64 bits per heavy atom. The molecule has 7 nitrogen and oxygen atoms in total. The molecule has 22 heavy (non-hydrogen) atoms. The number of pyridine rings is 1. The van der Waals surface area contributed by atoms with Crippen molar-refractivity contribution in [1.82, 2.24) is 14.6 Å². The number of carbonyl (C=O) groups is 1. The van der Waals surface area contributed by atoms with Gasteiger partial charge in [-0.15, -0.1) is 10.2 Å². The summed E-state index contributed by atoms with van der Waals surface area (Å²) in [7, 11) is 1.53. The van der Waals surface area contributed by atoms with Gasteiger partial charge in [-0.25, -0.2) is 9.20 Å².